The molecular weight excluding hydrogens is 623 g/mol. The molecule has 2 fully saturated rings. The van der Waals surface area contributed by atoms with Crippen molar-refractivity contribution >= 4 is 51.4 Å². The van der Waals surface area contributed by atoms with E-state index in [1.807, 2.05) is 27.7 Å². The highest BCUT2D eigenvalue weighted by Gasteiger charge is 2.29. The zero-order chi connectivity index (χ0) is 33.2. The molecule has 0 bridgehead atoms. The molecule has 0 saturated heterocycles. The number of carbonyl (C=O) groups is 3. The molecule has 0 radical (unpaired) electrons. The summed E-state index contributed by atoms with van der Waals surface area (Å²) in [4.78, 5) is 33.9. The Morgan fingerprint density at radius 1 is 0.884 bits per heavy atom. The van der Waals surface area contributed by atoms with E-state index in [0.29, 0.717) is 6.04 Å². The molecule has 2 aliphatic carbocycles. The van der Waals surface area contributed by atoms with E-state index >= 15 is 0 Å². The third-order valence-corrected chi connectivity index (χ3v) is 7.48. The largest absolute Gasteiger partial charge is 0.469 e. The van der Waals surface area contributed by atoms with Gasteiger partial charge < -0.3 is 25.3 Å². The van der Waals surface area contributed by atoms with Crippen molar-refractivity contribution in [3.8, 4) is 0 Å². The first-order valence-corrected chi connectivity index (χ1v) is 16.5. The average molecular weight is 672 g/mol. The summed E-state index contributed by atoms with van der Waals surface area (Å²) in [6, 6.07) is 6.39. The Morgan fingerprint density at radius 2 is 1.28 bits per heavy atom. The zero-order valence-corrected chi connectivity index (χ0v) is 28.3. The molecule has 0 aliphatic heterocycles. The van der Waals surface area contributed by atoms with Gasteiger partial charge in [0.25, 0.3) is 10.1 Å². The second kappa shape index (κ2) is 20.8. The van der Waals surface area contributed by atoms with E-state index in [1.54, 1.807) is 12.1 Å². The van der Waals surface area contributed by atoms with Gasteiger partial charge in [-0.1, -0.05) is 17.7 Å². The quantitative estimate of drug-likeness (QED) is 0.159. The highest BCUT2D eigenvalue weighted by Crippen LogP contribution is 2.26. The Kier molecular flexibility index (Phi) is 19.7. The molecule has 1 aromatic rings. The zero-order valence-electron chi connectivity index (χ0n) is 25.9. The number of benzene rings is 1. The topological polar surface area (TPSA) is 171 Å². The average Bonchev–Trinajstić information content (AvgIpc) is 2.93. The standard InChI is InChI=1S/C13H23NO4.C8H15NO2.C7H8O3S.CH2Cl2/c1-13(2,3)18-12(16)14-10-7-5-9(6-8-10)11(15)17-4;1-11-8(10)6-2-4-7(9)5-3-6;1-6-2-4-7(5-3-6)11(8,9)10;2-1-3/h9-10H,5-8H2,1-4H3,(H,14,16);6-7H,2-5,9H2,1H3;2-5H,1H3,(H,8,9,10);1H2. The van der Waals surface area contributed by atoms with E-state index in [9.17, 15) is 22.8 Å². The van der Waals surface area contributed by atoms with E-state index in [4.69, 9.17) is 43.0 Å². The van der Waals surface area contributed by atoms with Crippen LogP contribution in [-0.4, -0.2) is 68.2 Å². The van der Waals surface area contributed by atoms with Crippen molar-refractivity contribution in [2.75, 3.05) is 19.6 Å². The summed E-state index contributed by atoms with van der Waals surface area (Å²) in [6.07, 6.45) is 6.42. The summed E-state index contributed by atoms with van der Waals surface area (Å²) >= 11 is 9.53. The molecule has 1 amide bonds. The van der Waals surface area contributed by atoms with Crippen molar-refractivity contribution in [1.29, 1.82) is 0 Å². The third-order valence-electron chi connectivity index (χ3n) is 6.61. The number of rotatable bonds is 4. The van der Waals surface area contributed by atoms with E-state index in [0.717, 1.165) is 56.9 Å². The van der Waals surface area contributed by atoms with Crippen molar-refractivity contribution in [2.24, 2.45) is 17.6 Å². The van der Waals surface area contributed by atoms with Gasteiger partial charge in [0.15, 0.2) is 0 Å². The van der Waals surface area contributed by atoms with Gasteiger partial charge in [0, 0.05) is 12.1 Å². The highest BCUT2D eigenvalue weighted by molar-refractivity contribution is 7.85. The maximum atomic E-state index is 11.6. The van der Waals surface area contributed by atoms with E-state index in [2.05, 4.69) is 10.1 Å². The van der Waals surface area contributed by atoms with Crippen LogP contribution in [0.15, 0.2) is 29.2 Å². The summed E-state index contributed by atoms with van der Waals surface area (Å²) in [6.45, 7) is 7.34. The van der Waals surface area contributed by atoms with Crippen molar-refractivity contribution in [1.82, 2.24) is 5.32 Å². The van der Waals surface area contributed by atoms with Crippen molar-refractivity contribution in [3.05, 3.63) is 29.8 Å². The molecule has 0 spiro atoms. The minimum absolute atomic E-state index is 0.0216. The lowest BCUT2D eigenvalue weighted by Crippen LogP contribution is -2.41. The first-order chi connectivity index (χ1) is 20.0. The normalized spacial score (nSPS) is 21.5. The molecule has 3 rings (SSSR count). The van der Waals surface area contributed by atoms with Crippen LogP contribution in [0.25, 0.3) is 0 Å². The number of alkyl halides is 2. The van der Waals surface area contributed by atoms with Crippen LogP contribution in [0.4, 0.5) is 4.79 Å². The van der Waals surface area contributed by atoms with Crippen LogP contribution in [-0.2, 0) is 33.9 Å². The summed E-state index contributed by atoms with van der Waals surface area (Å²) in [5.41, 5.74) is 6.16. The Balaban J connectivity index is 0.000000612. The molecule has 0 unspecified atom stereocenters. The number of hydrogen-bond donors (Lipinski definition) is 3. The minimum Gasteiger partial charge on any atom is -0.469 e. The Hall–Kier alpha value is -2.12. The number of hydrogen-bond acceptors (Lipinski definition) is 9. The van der Waals surface area contributed by atoms with Gasteiger partial charge in [0.2, 0.25) is 0 Å². The number of esters is 2. The smallest absolute Gasteiger partial charge is 0.407 e. The monoisotopic (exact) mass is 670 g/mol. The second-order valence-corrected chi connectivity index (χ2v) is 13.5. The number of carbonyl (C=O) groups excluding carboxylic acids is 3. The van der Waals surface area contributed by atoms with Crippen LogP contribution in [0.1, 0.15) is 77.7 Å². The summed E-state index contributed by atoms with van der Waals surface area (Å²) in [5.74, 6) is -0.130. The van der Waals surface area contributed by atoms with Gasteiger partial charge in [0.1, 0.15) is 5.60 Å². The van der Waals surface area contributed by atoms with Gasteiger partial charge in [-0.3, -0.25) is 14.1 Å². The highest BCUT2D eigenvalue weighted by atomic mass is 35.5. The first-order valence-electron chi connectivity index (χ1n) is 14.0. The third kappa shape index (κ3) is 19.0. The second-order valence-electron chi connectivity index (χ2n) is 11.2. The van der Waals surface area contributed by atoms with E-state index < -0.39 is 15.7 Å². The Labute approximate surface area is 266 Å². The molecule has 4 N–H and O–H groups in total. The van der Waals surface area contributed by atoms with Crippen LogP contribution in [0.3, 0.4) is 0 Å². The number of methoxy groups -OCH3 is 2. The van der Waals surface area contributed by atoms with Crippen molar-refractivity contribution in [3.63, 3.8) is 0 Å². The summed E-state index contributed by atoms with van der Waals surface area (Å²) in [7, 11) is -1.17. The van der Waals surface area contributed by atoms with Crippen LogP contribution in [0, 0.1) is 18.8 Å². The molecule has 0 heterocycles. The minimum atomic E-state index is -4.02. The molecule has 43 heavy (non-hydrogen) atoms. The predicted molar refractivity (Wildman–Crippen MR) is 167 cm³/mol. The van der Waals surface area contributed by atoms with E-state index in [1.165, 1.54) is 26.4 Å². The molecule has 14 heteroatoms. The van der Waals surface area contributed by atoms with Crippen LogP contribution < -0.4 is 11.1 Å². The van der Waals surface area contributed by atoms with E-state index in [-0.39, 0.29) is 46.1 Å². The number of ether oxygens (including phenoxy) is 3. The molecule has 2 aliphatic rings. The maximum absolute atomic E-state index is 11.6. The Morgan fingerprint density at radius 3 is 1.63 bits per heavy atom. The molecule has 0 aromatic heterocycles. The SMILES string of the molecule is COC(=O)C1CCC(N)CC1.COC(=O)C1CCC(NC(=O)OC(C)(C)C)CC1.Cc1ccc(S(=O)(=O)O)cc1.ClCCl. The predicted octanol–water partition coefficient (Wildman–Crippen LogP) is 5.58. The number of alkyl carbamates (subject to hydrolysis) is 1. The number of amides is 1. The molecule has 248 valence electrons. The summed E-state index contributed by atoms with van der Waals surface area (Å²) in [5, 5.41) is 3.03. The van der Waals surface area contributed by atoms with Gasteiger partial charge in [-0.2, -0.15) is 8.42 Å². The van der Waals surface area contributed by atoms with Crippen molar-refractivity contribution < 1.29 is 41.6 Å². The first kappa shape index (κ1) is 40.9. The fourth-order valence-corrected chi connectivity index (χ4v) is 4.83. The molecule has 0 atom stereocenters. The fourth-order valence-electron chi connectivity index (χ4n) is 4.35. The van der Waals surface area contributed by atoms with Gasteiger partial charge in [-0.15, -0.1) is 23.2 Å². The Bertz CT molecular complexity index is 1060. The molecule has 2 saturated carbocycles. The van der Waals surface area contributed by atoms with Gasteiger partial charge in [0.05, 0.1) is 36.3 Å². The fraction of sp³-hybridized carbons (Fsp3) is 0.690. The van der Waals surface area contributed by atoms with Crippen LogP contribution >= 0.6 is 23.2 Å². The summed E-state index contributed by atoms with van der Waals surface area (Å²) < 4.78 is 44.1. The lowest BCUT2D eigenvalue weighted by molar-refractivity contribution is -0.147. The van der Waals surface area contributed by atoms with Gasteiger partial charge in [-0.05, 0) is 91.2 Å². The lowest BCUT2D eigenvalue weighted by atomic mass is 9.86. The maximum Gasteiger partial charge on any atom is 0.407 e. The van der Waals surface area contributed by atoms with Gasteiger partial charge >= 0.3 is 18.0 Å². The molecular formula is C29H48Cl2N2O9S. The molecule has 11 nitrogen and oxygen atoms in total. The number of halogens is 2. The van der Waals surface area contributed by atoms with Gasteiger partial charge in [-0.25, -0.2) is 4.79 Å². The number of nitrogens with two attached hydrogens (primary N) is 1. The van der Waals surface area contributed by atoms with Crippen molar-refractivity contribution in [2.45, 2.75) is 102 Å². The van der Waals surface area contributed by atoms with Crippen LogP contribution in [0.5, 0.6) is 0 Å². The number of nitrogens with one attached hydrogen (secondary N) is 1. The molecule has 1 aromatic carbocycles. The van der Waals surface area contributed by atoms with Crippen LogP contribution in [0.2, 0.25) is 0 Å². The lowest BCUT2D eigenvalue weighted by Gasteiger charge is -2.28. The number of aryl methyl sites for hydroxylation is 1.